The highest BCUT2D eigenvalue weighted by atomic mass is 16.5. The molecule has 1 fully saturated rings. The molecule has 0 saturated heterocycles. The molecule has 1 aromatic carbocycles. The third kappa shape index (κ3) is 2.70. The van der Waals surface area contributed by atoms with E-state index in [1.165, 1.54) is 48.1 Å². The Hall–Kier alpha value is -1.02. The van der Waals surface area contributed by atoms with E-state index in [0.717, 1.165) is 18.6 Å². The highest BCUT2D eigenvalue weighted by Gasteiger charge is 2.45. The first-order valence-electron chi connectivity index (χ1n) is 9.75. The van der Waals surface area contributed by atoms with E-state index < -0.39 is 6.98 Å². The minimum absolute atomic E-state index is 0.125. The molecule has 1 unspecified atom stereocenters. The van der Waals surface area contributed by atoms with Crippen molar-refractivity contribution in [1.29, 1.82) is 0 Å². The van der Waals surface area contributed by atoms with Gasteiger partial charge in [-0.2, -0.15) is 0 Å². The van der Waals surface area contributed by atoms with Crippen LogP contribution in [-0.4, -0.2) is 32.6 Å². The molecule has 2 aliphatic rings. The van der Waals surface area contributed by atoms with Crippen molar-refractivity contribution in [2.45, 2.75) is 50.4 Å². The van der Waals surface area contributed by atoms with Crippen LogP contribution in [0.25, 0.3) is 0 Å². The third-order valence-corrected chi connectivity index (χ3v) is 5.72. The molecular weight excluding hydrogens is 258 g/mol. The zero-order valence-corrected chi connectivity index (χ0v) is 13.3. The summed E-state index contributed by atoms with van der Waals surface area (Å²) < 4.78 is 28.4. The summed E-state index contributed by atoms with van der Waals surface area (Å²) in [5, 5.41) is 0. The molecule has 2 nitrogen and oxygen atoms in total. The van der Waals surface area contributed by atoms with Gasteiger partial charge in [0, 0.05) is 4.11 Å². The van der Waals surface area contributed by atoms with Gasteiger partial charge in [0.15, 0.2) is 0 Å². The normalized spacial score (nSPS) is 30.8. The number of rotatable bonds is 4. The monoisotopic (exact) mass is 290 g/mol. The fraction of sp³-hybridized carbons (Fsp3) is 0.684. The number of nitrogens with zero attached hydrogens (tertiary/aromatic N) is 1. The number of fused-ring (bicyclic) bond motifs is 3. The van der Waals surface area contributed by atoms with E-state index in [-0.39, 0.29) is 5.41 Å². The Labute approximate surface area is 133 Å². The maximum Gasteiger partial charge on any atom is 0.119 e. The van der Waals surface area contributed by atoms with Crippen molar-refractivity contribution in [2.75, 3.05) is 27.7 Å². The lowest BCUT2D eigenvalue weighted by Gasteiger charge is -2.49. The molecule has 0 amide bonds. The van der Waals surface area contributed by atoms with Crippen LogP contribution in [0, 0.1) is 5.92 Å². The van der Waals surface area contributed by atoms with Crippen molar-refractivity contribution in [3.05, 3.63) is 29.3 Å². The zero-order valence-electron chi connectivity index (χ0n) is 16.3. The molecule has 0 radical (unpaired) electrons. The standard InChI is InChI=1S/C19H29NO/c1-20(2)13-12-19-11-5-4-6-16(19)9-7-15-8-10-17(21-3)14-18(15)19/h8,10,14,16H,4-7,9,11-13H2,1-3H3/t16?,19-/m0/s1/i1D3. The zero-order chi connectivity index (χ0) is 17.4. The van der Waals surface area contributed by atoms with E-state index in [9.17, 15) is 0 Å². The maximum atomic E-state index is 7.63. The second kappa shape index (κ2) is 6.00. The van der Waals surface area contributed by atoms with Crippen LogP contribution in [0.15, 0.2) is 18.2 Å². The summed E-state index contributed by atoms with van der Waals surface area (Å²) in [5.41, 5.74) is 2.99. The Morgan fingerprint density at radius 3 is 3.10 bits per heavy atom. The Bertz CT molecular complexity index is 586. The van der Waals surface area contributed by atoms with Crippen LogP contribution in [0.5, 0.6) is 5.75 Å². The van der Waals surface area contributed by atoms with Crippen molar-refractivity contribution in [1.82, 2.24) is 4.90 Å². The quantitative estimate of drug-likeness (QED) is 0.830. The van der Waals surface area contributed by atoms with E-state index >= 15 is 0 Å². The Balaban J connectivity index is 1.94. The summed E-state index contributed by atoms with van der Waals surface area (Å²) in [6.07, 6.45) is 8.29. The van der Waals surface area contributed by atoms with Gasteiger partial charge in [-0.15, -0.1) is 0 Å². The average Bonchev–Trinajstić information content (AvgIpc) is 2.58. The lowest BCUT2D eigenvalue weighted by molar-refractivity contribution is 0.135. The van der Waals surface area contributed by atoms with Gasteiger partial charge in [-0.25, -0.2) is 0 Å². The molecule has 0 bridgehead atoms. The van der Waals surface area contributed by atoms with E-state index in [2.05, 4.69) is 18.2 Å². The van der Waals surface area contributed by atoms with Crippen LogP contribution in [0.3, 0.4) is 0 Å². The fourth-order valence-corrected chi connectivity index (χ4v) is 4.61. The molecule has 0 heterocycles. The molecule has 2 aliphatic carbocycles. The summed E-state index contributed by atoms with van der Waals surface area (Å²) in [5.74, 6) is 1.60. The SMILES string of the molecule is [2H]C([2H])([2H])N(C)CC[C@@]12CCCCC1CCc1ccc(OC)cc12. The number of benzene rings is 1. The third-order valence-electron chi connectivity index (χ3n) is 5.72. The minimum atomic E-state index is -2.01. The van der Waals surface area contributed by atoms with Crippen LogP contribution >= 0.6 is 0 Å². The summed E-state index contributed by atoms with van der Waals surface area (Å²) in [4.78, 5) is 1.53. The highest BCUT2D eigenvalue weighted by Crippen LogP contribution is 2.52. The molecule has 0 aliphatic heterocycles. The smallest absolute Gasteiger partial charge is 0.119 e. The van der Waals surface area contributed by atoms with Gasteiger partial charge in [-0.3, -0.25) is 0 Å². The van der Waals surface area contributed by atoms with Crippen LogP contribution in [0.2, 0.25) is 0 Å². The Morgan fingerprint density at radius 2 is 2.29 bits per heavy atom. The van der Waals surface area contributed by atoms with Gasteiger partial charge in [0.2, 0.25) is 0 Å². The van der Waals surface area contributed by atoms with Gasteiger partial charge in [0.25, 0.3) is 0 Å². The summed E-state index contributed by atoms with van der Waals surface area (Å²) in [6.45, 7) is -1.39. The van der Waals surface area contributed by atoms with E-state index in [1.54, 1.807) is 14.2 Å². The van der Waals surface area contributed by atoms with Gasteiger partial charge >= 0.3 is 0 Å². The largest absolute Gasteiger partial charge is 0.497 e. The van der Waals surface area contributed by atoms with Gasteiger partial charge in [-0.05, 0) is 87.3 Å². The molecule has 1 saturated carbocycles. The van der Waals surface area contributed by atoms with Crippen molar-refractivity contribution < 1.29 is 8.85 Å². The van der Waals surface area contributed by atoms with Gasteiger partial charge in [-0.1, -0.05) is 18.9 Å². The van der Waals surface area contributed by atoms with Crippen LogP contribution in [0.1, 0.15) is 53.8 Å². The van der Waals surface area contributed by atoms with E-state index in [4.69, 9.17) is 8.85 Å². The first-order valence-corrected chi connectivity index (χ1v) is 8.25. The molecule has 21 heavy (non-hydrogen) atoms. The molecule has 2 heteroatoms. The van der Waals surface area contributed by atoms with Gasteiger partial charge in [0.05, 0.1) is 7.11 Å². The molecule has 116 valence electrons. The first kappa shape index (κ1) is 11.5. The van der Waals surface area contributed by atoms with Crippen molar-refractivity contribution in [3.63, 3.8) is 0 Å². The van der Waals surface area contributed by atoms with Gasteiger partial charge < -0.3 is 9.64 Å². The molecule has 3 rings (SSSR count). The second-order valence-corrected chi connectivity index (χ2v) is 6.83. The molecule has 2 atom stereocenters. The molecule has 0 aromatic heterocycles. The number of ether oxygens (including phenoxy) is 1. The Kier molecular flexibility index (Phi) is 3.30. The summed E-state index contributed by atoms with van der Waals surface area (Å²) >= 11 is 0. The second-order valence-electron chi connectivity index (χ2n) is 6.83. The Morgan fingerprint density at radius 1 is 1.38 bits per heavy atom. The molecular formula is C19H29NO. The van der Waals surface area contributed by atoms with Gasteiger partial charge in [0.1, 0.15) is 5.75 Å². The maximum absolute atomic E-state index is 7.63. The summed E-state index contributed by atoms with van der Waals surface area (Å²) in [6, 6.07) is 6.50. The average molecular weight is 290 g/mol. The van der Waals surface area contributed by atoms with Crippen molar-refractivity contribution in [2.24, 2.45) is 5.92 Å². The van der Waals surface area contributed by atoms with Crippen LogP contribution < -0.4 is 4.74 Å². The topological polar surface area (TPSA) is 12.5 Å². The van der Waals surface area contributed by atoms with Crippen molar-refractivity contribution in [3.8, 4) is 5.75 Å². The molecule has 0 N–H and O–H groups in total. The summed E-state index contributed by atoms with van der Waals surface area (Å²) in [7, 11) is 3.44. The van der Waals surface area contributed by atoms with E-state index in [0.29, 0.717) is 12.5 Å². The first-order chi connectivity index (χ1) is 11.4. The van der Waals surface area contributed by atoms with Crippen molar-refractivity contribution >= 4 is 0 Å². The predicted molar refractivity (Wildman–Crippen MR) is 88.1 cm³/mol. The molecule has 1 aromatic rings. The van der Waals surface area contributed by atoms with Crippen LogP contribution in [-0.2, 0) is 11.8 Å². The fourth-order valence-electron chi connectivity index (χ4n) is 4.61. The number of hydrogen-bond donors (Lipinski definition) is 0. The highest BCUT2D eigenvalue weighted by molar-refractivity contribution is 5.43. The van der Waals surface area contributed by atoms with Crippen LogP contribution in [0.4, 0.5) is 0 Å². The van der Waals surface area contributed by atoms with E-state index in [1.807, 2.05) is 0 Å². The minimum Gasteiger partial charge on any atom is -0.497 e. The number of aryl methyl sites for hydroxylation is 1. The number of hydrogen-bond acceptors (Lipinski definition) is 2. The predicted octanol–water partition coefficient (Wildman–Crippen LogP) is 4.02. The number of methoxy groups -OCH3 is 1. The lowest BCUT2D eigenvalue weighted by atomic mass is 9.56. The molecule has 0 spiro atoms. The lowest BCUT2D eigenvalue weighted by Crippen LogP contribution is -2.43.